The summed E-state index contributed by atoms with van der Waals surface area (Å²) in [5, 5.41) is 8.97. The van der Waals surface area contributed by atoms with Crippen molar-refractivity contribution in [3.63, 3.8) is 0 Å². The molecule has 0 aliphatic heterocycles. The van der Waals surface area contributed by atoms with Crippen LogP contribution in [-0.4, -0.2) is 36.2 Å². The molecular formula is C14H22O6. The lowest BCUT2D eigenvalue weighted by Gasteiger charge is -2.29. The van der Waals surface area contributed by atoms with Gasteiger partial charge in [0, 0.05) is 0 Å². The monoisotopic (exact) mass is 286 g/mol. The predicted molar refractivity (Wildman–Crippen MR) is 69.8 cm³/mol. The SMILES string of the molecule is CCOC(=O)C(C(=O)OCC)C1CCC(C(=O)O)CC1. The van der Waals surface area contributed by atoms with Crippen molar-refractivity contribution in [2.45, 2.75) is 39.5 Å². The van der Waals surface area contributed by atoms with Gasteiger partial charge in [-0.1, -0.05) is 0 Å². The first kappa shape index (κ1) is 16.5. The molecule has 0 bridgehead atoms. The minimum atomic E-state index is -0.926. The lowest BCUT2D eigenvalue weighted by Crippen LogP contribution is -2.37. The highest BCUT2D eigenvalue weighted by molar-refractivity contribution is 5.95. The molecule has 6 nitrogen and oxygen atoms in total. The van der Waals surface area contributed by atoms with Crippen LogP contribution < -0.4 is 0 Å². The van der Waals surface area contributed by atoms with Gasteiger partial charge in [-0.2, -0.15) is 0 Å². The summed E-state index contributed by atoms with van der Waals surface area (Å²) in [4.78, 5) is 34.8. The van der Waals surface area contributed by atoms with Gasteiger partial charge in [0.1, 0.15) is 0 Å². The van der Waals surface area contributed by atoms with Crippen molar-refractivity contribution in [2.24, 2.45) is 17.8 Å². The fourth-order valence-corrected chi connectivity index (χ4v) is 2.64. The summed E-state index contributed by atoms with van der Waals surface area (Å²) in [5.74, 6) is -3.44. The van der Waals surface area contributed by atoms with E-state index in [1.54, 1.807) is 13.8 Å². The highest BCUT2D eigenvalue weighted by atomic mass is 16.6. The van der Waals surface area contributed by atoms with Gasteiger partial charge in [0.05, 0.1) is 19.1 Å². The molecule has 114 valence electrons. The summed E-state index contributed by atoms with van der Waals surface area (Å²) in [6.45, 7) is 3.78. The Hall–Kier alpha value is -1.59. The fraction of sp³-hybridized carbons (Fsp3) is 0.786. The first-order valence-electron chi connectivity index (χ1n) is 7.07. The average Bonchev–Trinajstić information content (AvgIpc) is 2.40. The number of carbonyl (C=O) groups is 3. The van der Waals surface area contributed by atoms with Gasteiger partial charge in [-0.25, -0.2) is 0 Å². The van der Waals surface area contributed by atoms with Gasteiger partial charge in [0.2, 0.25) is 0 Å². The van der Waals surface area contributed by atoms with Crippen LogP contribution in [0.4, 0.5) is 0 Å². The van der Waals surface area contributed by atoms with Crippen molar-refractivity contribution >= 4 is 17.9 Å². The molecule has 0 unspecified atom stereocenters. The molecule has 0 aromatic rings. The summed E-state index contributed by atoms with van der Waals surface area (Å²) < 4.78 is 9.89. The van der Waals surface area contributed by atoms with E-state index >= 15 is 0 Å². The zero-order valence-electron chi connectivity index (χ0n) is 12.0. The number of esters is 2. The topological polar surface area (TPSA) is 89.9 Å². The van der Waals surface area contributed by atoms with E-state index in [9.17, 15) is 14.4 Å². The van der Waals surface area contributed by atoms with Crippen molar-refractivity contribution in [1.82, 2.24) is 0 Å². The maximum atomic E-state index is 11.9. The number of aliphatic carboxylic acids is 1. The van der Waals surface area contributed by atoms with E-state index in [-0.39, 0.29) is 25.0 Å². The molecule has 1 saturated carbocycles. The van der Waals surface area contributed by atoms with E-state index in [1.165, 1.54) is 0 Å². The second-order valence-corrected chi connectivity index (χ2v) is 4.93. The maximum absolute atomic E-state index is 11.9. The van der Waals surface area contributed by atoms with Gasteiger partial charge < -0.3 is 14.6 Å². The molecule has 0 amide bonds. The molecule has 6 heteroatoms. The number of ether oxygens (including phenoxy) is 2. The van der Waals surface area contributed by atoms with Crippen LogP contribution in [0.1, 0.15) is 39.5 Å². The van der Waals surface area contributed by atoms with Crippen LogP contribution in [0.15, 0.2) is 0 Å². The summed E-state index contributed by atoms with van der Waals surface area (Å²) in [5.41, 5.74) is 0. The van der Waals surface area contributed by atoms with Crippen molar-refractivity contribution in [2.75, 3.05) is 13.2 Å². The molecule has 1 aliphatic rings. The molecule has 0 saturated heterocycles. The molecule has 1 aliphatic carbocycles. The second kappa shape index (κ2) is 7.87. The first-order valence-corrected chi connectivity index (χ1v) is 7.07. The Balaban J connectivity index is 2.71. The van der Waals surface area contributed by atoms with Crippen molar-refractivity contribution in [3.05, 3.63) is 0 Å². The van der Waals surface area contributed by atoms with Gasteiger partial charge in [0.25, 0.3) is 0 Å². The van der Waals surface area contributed by atoms with E-state index < -0.39 is 23.8 Å². The van der Waals surface area contributed by atoms with Crippen LogP contribution in [-0.2, 0) is 23.9 Å². The minimum Gasteiger partial charge on any atom is -0.481 e. The first-order chi connectivity index (χ1) is 9.51. The molecule has 0 heterocycles. The Morgan fingerprint density at radius 3 is 1.80 bits per heavy atom. The van der Waals surface area contributed by atoms with Crippen LogP contribution in [0, 0.1) is 17.8 Å². The average molecular weight is 286 g/mol. The molecular weight excluding hydrogens is 264 g/mol. The van der Waals surface area contributed by atoms with Crippen molar-refractivity contribution in [1.29, 1.82) is 0 Å². The van der Waals surface area contributed by atoms with Crippen LogP contribution in [0.2, 0.25) is 0 Å². The van der Waals surface area contributed by atoms with E-state index in [1.807, 2.05) is 0 Å². The Morgan fingerprint density at radius 1 is 1.00 bits per heavy atom. The zero-order chi connectivity index (χ0) is 15.1. The predicted octanol–water partition coefficient (Wildman–Crippen LogP) is 1.62. The Bertz CT molecular complexity index is 339. The van der Waals surface area contributed by atoms with E-state index in [0.29, 0.717) is 25.7 Å². The van der Waals surface area contributed by atoms with Crippen molar-refractivity contribution < 1.29 is 29.0 Å². The van der Waals surface area contributed by atoms with E-state index in [2.05, 4.69) is 0 Å². The van der Waals surface area contributed by atoms with Crippen LogP contribution in [0.5, 0.6) is 0 Å². The van der Waals surface area contributed by atoms with Gasteiger partial charge in [-0.3, -0.25) is 14.4 Å². The van der Waals surface area contributed by atoms with Crippen LogP contribution >= 0.6 is 0 Å². The summed E-state index contributed by atoms with van der Waals surface area (Å²) in [7, 11) is 0. The number of carbonyl (C=O) groups excluding carboxylic acids is 2. The van der Waals surface area contributed by atoms with Crippen LogP contribution in [0.25, 0.3) is 0 Å². The molecule has 0 aromatic heterocycles. The van der Waals surface area contributed by atoms with E-state index in [0.717, 1.165) is 0 Å². The third-order valence-corrected chi connectivity index (χ3v) is 3.67. The van der Waals surface area contributed by atoms with Crippen molar-refractivity contribution in [3.8, 4) is 0 Å². The number of hydrogen-bond acceptors (Lipinski definition) is 5. The number of rotatable bonds is 6. The number of carboxylic acids is 1. The molecule has 1 N–H and O–H groups in total. The number of hydrogen-bond donors (Lipinski definition) is 1. The molecule has 20 heavy (non-hydrogen) atoms. The Kier molecular flexibility index (Phi) is 6.48. The maximum Gasteiger partial charge on any atom is 0.320 e. The molecule has 1 rings (SSSR count). The molecule has 0 radical (unpaired) electrons. The summed E-state index contributed by atoms with van der Waals surface area (Å²) >= 11 is 0. The van der Waals surface area contributed by atoms with Gasteiger partial charge >= 0.3 is 17.9 Å². The van der Waals surface area contributed by atoms with Crippen LogP contribution in [0.3, 0.4) is 0 Å². The zero-order valence-corrected chi connectivity index (χ0v) is 12.0. The Labute approximate surface area is 118 Å². The summed E-state index contributed by atoms with van der Waals surface area (Å²) in [6, 6.07) is 0. The Morgan fingerprint density at radius 2 is 1.45 bits per heavy atom. The normalized spacial score (nSPS) is 22.4. The second-order valence-electron chi connectivity index (χ2n) is 4.93. The standard InChI is InChI=1S/C14H22O6/c1-3-19-13(17)11(14(18)20-4-2)9-5-7-10(8-6-9)12(15)16/h9-11H,3-8H2,1-2H3,(H,15,16). The third kappa shape index (κ3) is 4.21. The number of carboxylic acid groups (broad SMARTS) is 1. The third-order valence-electron chi connectivity index (χ3n) is 3.67. The van der Waals surface area contributed by atoms with Gasteiger partial charge in [0.15, 0.2) is 5.92 Å². The lowest BCUT2D eigenvalue weighted by atomic mass is 9.75. The molecule has 0 atom stereocenters. The quantitative estimate of drug-likeness (QED) is 0.589. The smallest absolute Gasteiger partial charge is 0.320 e. The molecule has 1 fully saturated rings. The minimum absolute atomic E-state index is 0.191. The summed E-state index contributed by atoms with van der Waals surface area (Å²) in [6.07, 6.45) is 2.02. The lowest BCUT2D eigenvalue weighted by molar-refractivity contribution is -0.165. The van der Waals surface area contributed by atoms with Gasteiger partial charge in [-0.05, 0) is 45.4 Å². The molecule has 0 aromatic carbocycles. The highest BCUT2D eigenvalue weighted by Gasteiger charge is 2.40. The van der Waals surface area contributed by atoms with E-state index in [4.69, 9.17) is 14.6 Å². The fourth-order valence-electron chi connectivity index (χ4n) is 2.64. The highest BCUT2D eigenvalue weighted by Crippen LogP contribution is 2.34. The molecule has 0 spiro atoms. The largest absolute Gasteiger partial charge is 0.481 e. The van der Waals surface area contributed by atoms with Gasteiger partial charge in [-0.15, -0.1) is 0 Å².